The molecule has 0 saturated heterocycles. The Kier molecular flexibility index (Phi) is 5.58. The van der Waals surface area contributed by atoms with Crippen molar-refractivity contribution in [3.8, 4) is 0 Å². The summed E-state index contributed by atoms with van der Waals surface area (Å²) in [5, 5.41) is 31.7. The largest absolute Gasteiger partial charge is 0.392 e. The van der Waals surface area contributed by atoms with Crippen LogP contribution in [0.2, 0.25) is 0 Å². The van der Waals surface area contributed by atoms with E-state index in [0.29, 0.717) is 18.5 Å². The van der Waals surface area contributed by atoms with Gasteiger partial charge in [0.15, 0.2) is 0 Å². The molecular weight excluding hydrogens is 218 g/mol. The molecule has 0 fully saturated rings. The summed E-state index contributed by atoms with van der Waals surface area (Å²) in [4.78, 5) is 0. The number of nitrogens with one attached hydrogen (secondary N) is 1. The lowest BCUT2D eigenvalue weighted by atomic mass is 9.98. The maximum Gasteiger partial charge on any atom is 0.105 e. The topological polar surface area (TPSA) is 72.7 Å². The van der Waals surface area contributed by atoms with Crippen LogP contribution in [0.1, 0.15) is 29.2 Å². The fourth-order valence-corrected chi connectivity index (χ4v) is 1.75. The highest BCUT2D eigenvalue weighted by molar-refractivity contribution is 5.32. The zero-order valence-electron chi connectivity index (χ0n) is 10.3. The smallest absolute Gasteiger partial charge is 0.105 e. The Morgan fingerprint density at radius 3 is 2.53 bits per heavy atom. The van der Waals surface area contributed by atoms with Crippen molar-refractivity contribution in [2.45, 2.75) is 32.2 Å². The highest BCUT2D eigenvalue weighted by Gasteiger charge is 2.18. The highest BCUT2D eigenvalue weighted by atomic mass is 16.3. The molecule has 96 valence electrons. The summed E-state index contributed by atoms with van der Waals surface area (Å²) in [5.41, 5.74) is 2.44. The van der Waals surface area contributed by atoms with Gasteiger partial charge in [0.05, 0.1) is 12.7 Å². The van der Waals surface area contributed by atoms with Crippen molar-refractivity contribution < 1.29 is 15.3 Å². The molecule has 0 bridgehead atoms. The molecule has 0 heterocycles. The molecule has 0 radical (unpaired) electrons. The molecule has 0 aliphatic carbocycles. The van der Waals surface area contributed by atoms with E-state index >= 15 is 0 Å². The SMILES string of the molecule is CNCCC(O)C(O)c1ccc(CO)c(C)c1. The van der Waals surface area contributed by atoms with Crippen LogP contribution in [0.3, 0.4) is 0 Å². The second-order valence-corrected chi connectivity index (χ2v) is 4.25. The predicted octanol–water partition coefficient (Wildman–Crippen LogP) is 0.491. The van der Waals surface area contributed by atoms with Crippen LogP contribution in [0.4, 0.5) is 0 Å². The van der Waals surface area contributed by atoms with Crippen LogP contribution >= 0.6 is 0 Å². The first-order chi connectivity index (χ1) is 8.10. The van der Waals surface area contributed by atoms with Gasteiger partial charge >= 0.3 is 0 Å². The maximum atomic E-state index is 9.96. The summed E-state index contributed by atoms with van der Waals surface area (Å²) in [7, 11) is 1.80. The number of aliphatic hydroxyl groups excluding tert-OH is 3. The Labute approximate surface area is 102 Å². The average Bonchev–Trinajstić information content (AvgIpc) is 2.34. The Bertz CT molecular complexity index is 355. The minimum Gasteiger partial charge on any atom is -0.392 e. The van der Waals surface area contributed by atoms with E-state index < -0.39 is 12.2 Å². The van der Waals surface area contributed by atoms with Crippen molar-refractivity contribution in [2.24, 2.45) is 0 Å². The third-order valence-corrected chi connectivity index (χ3v) is 2.93. The summed E-state index contributed by atoms with van der Waals surface area (Å²) >= 11 is 0. The van der Waals surface area contributed by atoms with Crippen molar-refractivity contribution in [3.05, 3.63) is 34.9 Å². The van der Waals surface area contributed by atoms with Crippen molar-refractivity contribution >= 4 is 0 Å². The second-order valence-electron chi connectivity index (χ2n) is 4.25. The van der Waals surface area contributed by atoms with Crippen molar-refractivity contribution in [1.82, 2.24) is 5.32 Å². The van der Waals surface area contributed by atoms with Gasteiger partial charge < -0.3 is 20.6 Å². The summed E-state index contributed by atoms with van der Waals surface area (Å²) in [6, 6.07) is 5.32. The van der Waals surface area contributed by atoms with Crippen LogP contribution in [0.5, 0.6) is 0 Å². The number of aryl methyl sites for hydroxylation is 1. The number of hydrogen-bond donors (Lipinski definition) is 4. The molecule has 1 aromatic rings. The monoisotopic (exact) mass is 239 g/mol. The number of benzene rings is 1. The molecule has 4 heteroatoms. The van der Waals surface area contributed by atoms with Gasteiger partial charge in [-0.15, -0.1) is 0 Å². The lowest BCUT2D eigenvalue weighted by Crippen LogP contribution is -2.23. The first-order valence-corrected chi connectivity index (χ1v) is 5.81. The first kappa shape index (κ1) is 14.1. The Hall–Kier alpha value is -0.940. The fourth-order valence-electron chi connectivity index (χ4n) is 1.75. The van der Waals surface area contributed by atoms with Gasteiger partial charge in [-0.25, -0.2) is 0 Å². The summed E-state index contributed by atoms with van der Waals surface area (Å²) in [6.45, 7) is 2.53. The van der Waals surface area contributed by atoms with E-state index in [1.807, 2.05) is 6.92 Å². The molecule has 4 N–H and O–H groups in total. The molecule has 0 saturated carbocycles. The summed E-state index contributed by atoms with van der Waals surface area (Å²) in [6.07, 6.45) is -1.16. The van der Waals surface area contributed by atoms with Crippen LogP contribution in [0.15, 0.2) is 18.2 Å². The molecule has 0 amide bonds. The fraction of sp³-hybridized carbons (Fsp3) is 0.538. The molecule has 1 rings (SSSR count). The van der Waals surface area contributed by atoms with E-state index in [4.69, 9.17) is 5.11 Å². The zero-order valence-corrected chi connectivity index (χ0v) is 10.3. The maximum absolute atomic E-state index is 9.96. The molecular formula is C13H21NO3. The zero-order chi connectivity index (χ0) is 12.8. The lowest BCUT2D eigenvalue weighted by Gasteiger charge is -2.19. The Morgan fingerprint density at radius 1 is 1.29 bits per heavy atom. The van der Waals surface area contributed by atoms with Gasteiger partial charge in [0.2, 0.25) is 0 Å². The van der Waals surface area contributed by atoms with E-state index in [9.17, 15) is 10.2 Å². The van der Waals surface area contributed by atoms with Crippen molar-refractivity contribution in [2.75, 3.05) is 13.6 Å². The average molecular weight is 239 g/mol. The quantitative estimate of drug-likeness (QED) is 0.583. The number of rotatable bonds is 6. The van der Waals surface area contributed by atoms with Gasteiger partial charge in [-0.05, 0) is 43.6 Å². The van der Waals surface area contributed by atoms with Gasteiger partial charge in [-0.1, -0.05) is 18.2 Å². The molecule has 0 aromatic heterocycles. The first-order valence-electron chi connectivity index (χ1n) is 5.81. The second kappa shape index (κ2) is 6.71. The molecule has 0 spiro atoms. The van der Waals surface area contributed by atoms with Crippen LogP contribution in [-0.2, 0) is 6.61 Å². The van der Waals surface area contributed by atoms with Gasteiger partial charge in [0.25, 0.3) is 0 Å². The minimum atomic E-state index is -0.880. The lowest BCUT2D eigenvalue weighted by molar-refractivity contribution is 0.0140. The normalized spacial score (nSPS) is 14.6. The van der Waals surface area contributed by atoms with Crippen molar-refractivity contribution in [1.29, 1.82) is 0 Å². The van der Waals surface area contributed by atoms with Gasteiger partial charge in [0, 0.05) is 0 Å². The van der Waals surface area contributed by atoms with Gasteiger partial charge in [-0.3, -0.25) is 0 Å². The van der Waals surface area contributed by atoms with E-state index in [1.165, 1.54) is 0 Å². The predicted molar refractivity (Wildman–Crippen MR) is 66.6 cm³/mol. The van der Waals surface area contributed by atoms with E-state index in [0.717, 1.165) is 11.1 Å². The van der Waals surface area contributed by atoms with Gasteiger partial charge in [-0.2, -0.15) is 0 Å². The van der Waals surface area contributed by atoms with Crippen molar-refractivity contribution in [3.63, 3.8) is 0 Å². The molecule has 17 heavy (non-hydrogen) atoms. The molecule has 0 aliphatic rings. The molecule has 0 aliphatic heterocycles. The molecule has 2 atom stereocenters. The van der Waals surface area contributed by atoms with E-state index in [-0.39, 0.29) is 6.61 Å². The van der Waals surface area contributed by atoms with Crippen LogP contribution in [-0.4, -0.2) is 35.0 Å². The summed E-state index contributed by atoms with van der Waals surface area (Å²) in [5.74, 6) is 0. The molecule has 1 aromatic carbocycles. The van der Waals surface area contributed by atoms with E-state index in [2.05, 4.69) is 5.32 Å². The Morgan fingerprint density at radius 2 is 2.00 bits per heavy atom. The van der Waals surface area contributed by atoms with Crippen LogP contribution in [0.25, 0.3) is 0 Å². The third kappa shape index (κ3) is 3.78. The standard InChI is InChI=1S/C13H21NO3/c1-9-7-10(3-4-11(9)8-15)13(17)12(16)5-6-14-2/h3-4,7,12-17H,5-6,8H2,1-2H3. The van der Waals surface area contributed by atoms with Crippen LogP contribution < -0.4 is 5.32 Å². The van der Waals surface area contributed by atoms with E-state index in [1.54, 1.807) is 25.2 Å². The molecule has 4 nitrogen and oxygen atoms in total. The third-order valence-electron chi connectivity index (χ3n) is 2.93. The minimum absolute atomic E-state index is 0.00941. The molecule has 2 unspecified atom stereocenters. The van der Waals surface area contributed by atoms with Crippen LogP contribution in [0, 0.1) is 6.92 Å². The highest BCUT2D eigenvalue weighted by Crippen LogP contribution is 2.21. The number of hydrogen-bond acceptors (Lipinski definition) is 4. The van der Waals surface area contributed by atoms with Gasteiger partial charge in [0.1, 0.15) is 6.10 Å². The Balaban J connectivity index is 2.74. The number of aliphatic hydroxyl groups is 3. The summed E-state index contributed by atoms with van der Waals surface area (Å²) < 4.78 is 0.